The summed E-state index contributed by atoms with van der Waals surface area (Å²) in [4.78, 5) is 17.7. The normalized spacial score (nSPS) is 12.0. The molecule has 0 bridgehead atoms. The van der Waals surface area contributed by atoms with Crippen LogP contribution in [0.2, 0.25) is 0 Å². The van der Waals surface area contributed by atoms with E-state index in [4.69, 9.17) is 5.84 Å². The van der Waals surface area contributed by atoms with E-state index in [-0.39, 0.29) is 11.9 Å². The minimum Gasteiger partial charge on any atom is -0.344 e. The largest absolute Gasteiger partial charge is 0.344 e. The van der Waals surface area contributed by atoms with Crippen molar-refractivity contribution in [1.82, 2.24) is 10.3 Å². The number of nitrogens with zero attached hydrogens (tertiary/aromatic N) is 1. The van der Waals surface area contributed by atoms with Crippen molar-refractivity contribution >= 4 is 39.0 Å². The molecular formula is C14H17BrN4OS. The molecule has 0 fully saturated rings. The maximum atomic E-state index is 12.5. The first-order valence-electron chi connectivity index (χ1n) is 6.62. The van der Waals surface area contributed by atoms with Crippen molar-refractivity contribution < 1.29 is 4.79 Å². The number of hydrogen-bond donors (Lipinski definition) is 3. The summed E-state index contributed by atoms with van der Waals surface area (Å²) in [6.07, 6.45) is 3.47. The number of hydrazine groups is 1. The predicted molar refractivity (Wildman–Crippen MR) is 89.2 cm³/mol. The monoisotopic (exact) mass is 368 g/mol. The number of nitrogen functional groups attached to an aromatic ring is 1. The van der Waals surface area contributed by atoms with Gasteiger partial charge in [0.2, 0.25) is 0 Å². The third kappa shape index (κ3) is 4.03. The van der Waals surface area contributed by atoms with Crippen LogP contribution in [-0.4, -0.2) is 10.9 Å². The van der Waals surface area contributed by atoms with Gasteiger partial charge < -0.3 is 10.7 Å². The molecule has 4 N–H and O–H groups in total. The molecule has 0 aromatic carbocycles. The average molecular weight is 369 g/mol. The summed E-state index contributed by atoms with van der Waals surface area (Å²) < 4.78 is 0.731. The van der Waals surface area contributed by atoms with Gasteiger partial charge in [-0.15, -0.1) is 11.3 Å². The summed E-state index contributed by atoms with van der Waals surface area (Å²) in [5.41, 5.74) is 2.87. The molecule has 5 nitrogen and oxygen atoms in total. The molecule has 1 amide bonds. The van der Waals surface area contributed by atoms with Crippen molar-refractivity contribution in [2.24, 2.45) is 5.84 Å². The van der Waals surface area contributed by atoms with Crippen molar-refractivity contribution in [3.63, 3.8) is 0 Å². The fourth-order valence-corrected chi connectivity index (χ4v) is 3.17. The van der Waals surface area contributed by atoms with Crippen LogP contribution < -0.4 is 16.6 Å². The number of aromatic nitrogens is 1. The lowest BCUT2D eigenvalue weighted by atomic mass is 10.1. The second-order valence-electron chi connectivity index (χ2n) is 4.52. The van der Waals surface area contributed by atoms with Crippen LogP contribution in [0.25, 0.3) is 0 Å². The van der Waals surface area contributed by atoms with E-state index in [1.54, 1.807) is 23.6 Å². The SMILES string of the molecule is CCCC(NC(=O)c1cc(Br)cnc1NN)c1cccs1. The van der Waals surface area contributed by atoms with E-state index in [0.29, 0.717) is 11.4 Å². The Morgan fingerprint density at radius 1 is 1.57 bits per heavy atom. The van der Waals surface area contributed by atoms with Gasteiger partial charge in [0.05, 0.1) is 11.6 Å². The fraction of sp³-hybridized carbons (Fsp3) is 0.286. The lowest BCUT2D eigenvalue weighted by molar-refractivity contribution is 0.0935. The number of carbonyl (C=O) groups excluding carboxylic acids is 1. The van der Waals surface area contributed by atoms with Gasteiger partial charge in [-0.25, -0.2) is 10.8 Å². The van der Waals surface area contributed by atoms with Crippen LogP contribution >= 0.6 is 27.3 Å². The number of nitrogens with one attached hydrogen (secondary N) is 2. The van der Waals surface area contributed by atoms with Crippen LogP contribution in [0.1, 0.15) is 41.0 Å². The van der Waals surface area contributed by atoms with Gasteiger partial charge >= 0.3 is 0 Å². The number of carbonyl (C=O) groups is 1. The van der Waals surface area contributed by atoms with E-state index in [1.807, 2.05) is 17.5 Å². The van der Waals surface area contributed by atoms with Crippen molar-refractivity contribution in [2.75, 3.05) is 5.43 Å². The summed E-state index contributed by atoms with van der Waals surface area (Å²) in [7, 11) is 0. The van der Waals surface area contributed by atoms with E-state index in [0.717, 1.165) is 22.2 Å². The molecule has 0 radical (unpaired) electrons. The highest BCUT2D eigenvalue weighted by Crippen LogP contribution is 2.25. The molecule has 0 spiro atoms. The summed E-state index contributed by atoms with van der Waals surface area (Å²) in [6, 6.07) is 5.73. The maximum absolute atomic E-state index is 12.5. The first kappa shape index (κ1) is 15.9. The molecule has 2 heterocycles. The van der Waals surface area contributed by atoms with E-state index in [2.05, 4.69) is 38.6 Å². The van der Waals surface area contributed by atoms with Crippen LogP contribution in [0.5, 0.6) is 0 Å². The first-order valence-corrected chi connectivity index (χ1v) is 8.29. The van der Waals surface area contributed by atoms with Crippen molar-refractivity contribution in [2.45, 2.75) is 25.8 Å². The Kier molecular flexibility index (Phi) is 5.72. The van der Waals surface area contributed by atoms with E-state index in [1.165, 1.54) is 0 Å². The standard InChI is InChI=1S/C14H17BrN4OS/c1-2-4-11(12-5-3-6-21-12)18-14(20)10-7-9(15)8-17-13(10)19-16/h3,5-8,11H,2,4,16H2,1H3,(H,17,19)(H,18,20). The van der Waals surface area contributed by atoms with E-state index >= 15 is 0 Å². The van der Waals surface area contributed by atoms with Gasteiger partial charge in [0, 0.05) is 15.5 Å². The molecule has 1 atom stereocenters. The molecule has 0 aliphatic carbocycles. The number of nitrogens with two attached hydrogens (primary N) is 1. The van der Waals surface area contributed by atoms with Crippen molar-refractivity contribution in [3.8, 4) is 0 Å². The van der Waals surface area contributed by atoms with Crippen LogP contribution in [-0.2, 0) is 0 Å². The Morgan fingerprint density at radius 2 is 2.38 bits per heavy atom. The van der Waals surface area contributed by atoms with Gasteiger partial charge in [-0.1, -0.05) is 19.4 Å². The van der Waals surface area contributed by atoms with Crippen LogP contribution in [0, 0.1) is 0 Å². The molecule has 2 rings (SSSR count). The molecule has 0 saturated carbocycles. The zero-order valence-electron chi connectivity index (χ0n) is 11.6. The number of pyridine rings is 1. The van der Waals surface area contributed by atoms with Crippen molar-refractivity contribution in [3.05, 3.63) is 44.7 Å². The highest BCUT2D eigenvalue weighted by molar-refractivity contribution is 9.10. The Morgan fingerprint density at radius 3 is 3.00 bits per heavy atom. The topological polar surface area (TPSA) is 80.0 Å². The first-order chi connectivity index (χ1) is 10.2. The predicted octanol–water partition coefficient (Wildman–Crippen LogP) is 3.46. The molecular weight excluding hydrogens is 352 g/mol. The van der Waals surface area contributed by atoms with Crippen LogP contribution in [0.4, 0.5) is 5.82 Å². The number of anilines is 1. The third-order valence-corrected chi connectivity index (χ3v) is 4.42. The molecule has 2 aromatic rings. The zero-order valence-corrected chi connectivity index (χ0v) is 14.0. The summed E-state index contributed by atoms with van der Waals surface area (Å²) >= 11 is 4.96. The number of rotatable bonds is 6. The minimum absolute atomic E-state index is 0.00658. The van der Waals surface area contributed by atoms with Gasteiger partial charge in [0.1, 0.15) is 0 Å². The van der Waals surface area contributed by atoms with Gasteiger partial charge in [0.15, 0.2) is 5.82 Å². The highest BCUT2D eigenvalue weighted by Gasteiger charge is 2.19. The summed E-state index contributed by atoms with van der Waals surface area (Å²) in [5, 5.41) is 5.07. The van der Waals surface area contributed by atoms with Crippen LogP contribution in [0.15, 0.2) is 34.2 Å². The lowest BCUT2D eigenvalue weighted by Crippen LogP contribution is -2.29. The Balaban J connectivity index is 2.21. The molecule has 2 aromatic heterocycles. The number of hydrogen-bond acceptors (Lipinski definition) is 5. The summed E-state index contributed by atoms with van der Waals surface area (Å²) in [6.45, 7) is 2.10. The Bertz CT molecular complexity index is 603. The number of thiophene rings is 1. The van der Waals surface area contributed by atoms with Crippen LogP contribution in [0.3, 0.4) is 0 Å². The van der Waals surface area contributed by atoms with Gasteiger partial charge in [-0.05, 0) is 39.9 Å². The second-order valence-corrected chi connectivity index (χ2v) is 6.42. The Hall–Kier alpha value is -1.44. The zero-order chi connectivity index (χ0) is 15.2. The van der Waals surface area contributed by atoms with E-state index < -0.39 is 0 Å². The van der Waals surface area contributed by atoms with Crippen molar-refractivity contribution in [1.29, 1.82) is 0 Å². The van der Waals surface area contributed by atoms with Gasteiger partial charge in [-0.3, -0.25) is 4.79 Å². The molecule has 7 heteroatoms. The van der Waals surface area contributed by atoms with Gasteiger partial charge in [-0.2, -0.15) is 0 Å². The maximum Gasteiger partial charge on any atom is 0.255 e. The Labute approximate surface area is 136 Å². The molecule has 0 saturated heterocycles. The lowest BCUT2D eigenvalue weighted by Gasteiger charge is -2.17. The average Bonchev–Trinajstić information content (AvgIpc) is 3.00. The molecule has 112 valence electrons. The number of halogens is 1. The third-order valence-electron chi connectivity index (χ3n) is 3.00. The van der Waals surface area contributed by atoms with E-state index in [9.17, 15) is 4.79 Å². The quantitative estimate of drug-likeness (QED) is 0.538. The number of amides is 1. The fourth-order valence-electron chi connectivity index (χ4n) is 2.03. The smallest absolute Gasteiger partial charge is 0.255 e. The molecule has 0 aliphatic heterocycles. The molecule has 1 unspecified atom stereocenters. The highest BCUT2D eigenvalue weighted by atomic mass is 79.9. The molecule has 21 heavy (non-hydrogen) atoms. The van der Waals surface area contributed by atoms with Gasteiger partial charge in [0.25, 0.3) is 5.91 Å². The minimum atomic E-state index is -0.191. The summed E-state index contributed by atoms with van der Waals surface area (Å²) in [5.74, 6) is 5.58. The second kappa shape index (κ2) is 7.53. The molecule has 0 aliphatic rings.